The van der Waals surface area contributed by atoms with Gasteiger partial charge in [0, 0.05) is 25.5 Å². The Morgan fingerprint density at radius 2 is 2.18 bits per heavy atom. The van der Waals surface area contributed by atoms with Gasteiger partial charge >= 0.3 is 5.69 Å². The summed E-state index contributed by atoms with van der Waals surface area (Å²) in [6.07, 6.45) is 5.77. The molecule has 1 aliphatic rings. The maximum Gasteiger partial charge on any atom is 0.325 e. The van der Waals surface area contributed by atoms with Crippen LogP contribution >= 0.6 is 0 Å². The van der Waals surface area contributed by atoms with Gasteiger partial charge in [-0.25, -0.2) is 9.78 Å². The van der Waals surface area contributed by atoms with Crippen LogP contribution in [0, 0.1) is 0 Å². The molecule has 3 aromatic rings. The monoisotopic (exact) mass is 297 g/mol. The number of aromatic amines is 2. The summed E-state index contributed by atoms with van der Waals surface area (Å²) in [7, 11) is 0. The van der Waals surface area contributed by atoms with Crippen LogP contribution in [0.2, 0.25) is 0 Å². The molecule has 1 aliphatic heterocycles. The fourth-order valence-electron chi connectivity index (χ4n) is 3.30. The molecule has 22 heavy (non-hydrogen) atoms. The predicted octanol–water partition coefficient (Wildman–Crippen LogP) is 1.89. The molecular formula is C16H19N5O. The molecule has 0 spiro atoms. The van der Waals surface area contributed by atoms with Crippen molar-refractivity contribution in [1.82, 2.24) is 24.4 Å². The van der Waals surface area contributed by atoms with Crippen molar-refractivity contribution in [2.75, 3.05) is 13.1 Å². The van der Waals surface area contributed by atoms with Gasteiger partial charge in [0.15, 0.2) is 0 Å². The molecule has 0 bridgehead atoms. The van der Waals surface area contributed by atoms with Crippen molar-refractivity contribution < 1.29 is 0 Å². The Morgan fingerprint density at radius 3 is 3.00 bits per heavy atom. The van der Waals surface area contributed by atoms with Crippen molar-refractivity contribution in [1.29, 1.82) is 0 Å². The largest absolute Gasteiger partial charge is 0.341 e. The van der Waals surface area contributed by atoms with Crippen LogP contribution in [0.5, 0.6) is 0 Å². The van der Waals surface area contributed by atoms with Gasteiger partial charge in [-0.2, -0.15) is 0 Å². The summed E-state index contributed by atoms with van der Waals surface area (Å²) in [6.45, 7) is 2.62. The van der Waals surface area contributed by atoms with Crippen LogP contribution in [-0.2, 0) is 6.54 Å². The second kappa shape index (κ2) is 5.46. The number of fused-ring (bicyclic) bond motifs is 1. The van der Waals surface area contributed by atoms with Crippen molar-refractivity contribution in [3.05, 3.63) is 53.0 Å². The molecule has 0 radical (unpaired) electrons. The summed E-state index contributed by atoms with van der Waals surface area (Å²) in [4.78, 5) is 24.8. The highest BCUT2D eigenvalue weighted by Gasteiger charge is 2.28. The van der Waals surface area contributed by atoms with E-state index in [1.54, 1.807) is 17.0 Å². The molecular weight excluding hydrogens is 278 g/mol. The quantitative estimate of drug-likeness (QED) is 0.772. The van der Waals surface area contributed by atoms with E-state index in [4.69, 9.17) is 4.98 Å². The Labute approximate surface area is 127 Å². The summed E-state index contributed by atoms with van der Waals surface area (Å²) in [5.41, 5.74) is 2.07. The number of hydrogen-bond donors (Lipinski definition) is 2. The second-order valence-corrected chi connectivity index (χ2v) is 5.79. The van der Waals surface area contributed by atoms with Gasteiger partial charge < -0.3 is 9.97 Å². The smallest absolute Gasteiger partial charge is 0.325 e. The van der Waals surface area contributed by atoms with Gasteiger partial charge in [-0.15, -0.1) is 0 Å². The molecule has 1 atom stereocenters. The van der Waals surface area contributed by atoms with Gasteiger partial charge in [0.25, 0.3) is 0 Å². The maximum atomic E-state index is 11.6. The first kappa shape index (κ1) is 13.3. The molecule has 0 aliphatic carbocycles. The predicted molar refractivity (Wildman–Crippen MR) is 84.7 cm³/mol. The molecule has 0 saturated carbocycles. The normalized spacial score (nSPS) is 19.2. The molecule has 1 aromatic carbocycles. The van der Waals surface area contributed by atoms with Gasteiger partial charge in [0.1, 0.15) is 5.82 Å². The van der Waals surface area contributed by atoms with Gasteiger partial charge in [-0.3, -0.25) is 9.47 Å². The molecule has 1 fully saturated rings. The summed E-state index contributed by atoms with van der Waals surface area (Å²) in [5.74, 6) is 1.04. The first-order valence-corrected chi connectivity index (χ1v) is 7.74. The van der Waals surface area contributed by atoms with Crippen LogP contribution in [0.15, 0.2) is 41.5 Å². The summed E-state index contributed by atoms with van der Waals surface area (Å²) in [5, 5.41) is 0. The van der Waals surface area contributed by atoms with Gasteiger partial charge in [-0.05, 0) is 31.5 Å². The number of H-pyrrole nitrogens is 2. The Morgan fingerprint density at radius 1 is 1.27 bits per heavy atom. The molecule has 0 unspecified atom stereocenters. The highest BCUT2D eigenvalue weighted by Crippen LogP contribution is 2.30. The number of aromatic nitrogens is 4. The minimum Gasteiger partial charge on any atom is -0.341 e. The molecule has 6 heteroatoms. The number of benzene rings is 1. The van der Waals surface area contributed by atoms with E-state index in [1.807, 2.05) is 18.2 Å². The van der Waals surface area contributed by atoms with Crippen molar-refractivity contribution in [2.24, 2.45) is 0 Å². The molecule has 2 N–H and O–H groups in total. The summed E-state index contributed by atoms with van der Waals surface area (Å²) >= 11 is 0. The molecule has 6 nitrogen and oxygen atoms in total. The van der Waals surface area contributed by atoms with Crippen LogP contribution in [-0.4, -0.2) is 37.5 Å². The van der Waals surface area contributed by atoms with E-state index in [0.29, 0.717) is 12.6 Å². The molecule has 4 rings (SSSR count). The fraction of sp³-hybridized carbons (Fsp3) is 0.375. The van der Waals surface area contributed by atoms with Crippen molar-refractivity contribution in [3.63, 3.8) is 0 Å². The van der Waals surface area contributed by atoms with Gasteiger partial charge in [-0.1, -0.05) is 12.1 Å². The van der Waals surface area contributed by atoms with Gasteiger partial charge in [0.2, 0.25) is 0 Å². The number of nitrogens with zero attached hydrogens (tertiary/aromatic N) is 3. The maximum absolute atomic E-state index is 11.6. The first-order valence-electron chi connectivity index (χ1n) is 7.74. The molecule has 0 amide bonds. The number of likely N-dealkylation sites (tertiary alicyclic amines) is 1. The van der Waals surface area contributed by atoms with E-state index >= 15 is 0 Å². The molecule has 2 aromatic heterocycles. The Kier molecular flexibility index (Phi) is 3.31. The lowest BCUT2D eigenvalue weighted by Gasteiger charge is -2.22. The zero-order chi connectivity index (χ0) is 14.9. The van der Waals surface area contributed by atoms with E-state index in [9.17, 15) is 4.79 Å². The SMILES string of the molecule is O=c1[nH]ccn1CCN1CCC[C@H]1c1nc2ccccc2[nH]1. The summed E-state index contributed by atoms with van der Waals surface area (Å²) < 4.78 is 1.72. The van der Waals surface area contributed by atoms with Crippen molar-refractivity contribution >= 4 is 11.0 Å². The Hall–Kier alpha value is -2.34. The third-order valence-electron chi connectivity index (χ3n) is 4.44. The molecule has 114 valence electrons. The standard InChI is InChI=1S/C16H19N5O/c22-16-17-7-9-21(16)11-10-20-8-3-6-14(20)15-18-12-4-1-2-5-13(12)19-15/h1-2,4-5,7,9,14H,3,6,8,10-11H2,(H,17,22)(H,18,19)/t14-/m0/s1. The average Bonchev–Trinajstić information content (AvgIpc) is 3.23. The second-order valence-electron chi connectivity index (χ2n) is 5.79. The van der Waals surface area contributed by atoms with E-state index in [2.05, 4.69) is 20.9 Å². The van der Waals surface area contributed by atoms with Crippen LogP contribution in [0.4, 0.5) is 0 Å². The Bertz CT molecular complexity index is 797. The van der Waals surface area contributed by atoms with E-state index < -0.39 is 0 Å². The van der Waals surface area contributed by atoms with Crippen LogP contribution < -0.4 is 5.69 Å². The highest BCUT2D eigenvalue weighted by atomic mass is 16.1. The topological polar surface area (TPSA) is 69.7 Å². The Balaban J connectivity index is 1.53. The van der Waals surface area contributed by atoms with Crippen LogP contribution in [0.25, 0.3) is 11.0 Å². The molecule has 3 heterocycles. The number of imidazole rings is 2. The first-order chi connectivity index (χ1) is 10.8. The van der Waals surface area contributed by atoms with Gasteiger partial charge in [0.05, 0.1) is 17.1 Å². The number of hydrogen-bond acceptors (Lipinski definition) is 3. The fourth-order valence-corrected chi connectivity index (χ4v) is 3.30. The van der Waals surface area contributed by atoms with Crippen LogP contribution in [0.3, 0.4) is 0 Å². The number of nitrogens with one attached hydrogen (secondary N) is 2. The lowest BCUT2D eigenvalue weighted by Crippen LogP contribution is -2.30. The van der Waals surface area contributed by atoms with E-state index in [0.717, 1.165) is 36.4 Å². The van der Waals surface area contributed by atoms with Crippen molar-refractivity contribution in [2.45, 2.75) is 25.4 Å². The minimum absolute atomic E-state index is 0.0421. The zero-order valence-corrected chi connectivity index (χ0v) is 12.3. The highest BCUT2D eigenvalue weighted by molar-refractivity contribution is 5.74. The minimum atomic E-state index is -0.0421. The third kappa shape index (κ3) is 2.35. The lowest BCUT2D eigenvalue weighted by molar-refractivity contribution is 0.239. The summed E-state index contributed by atoms with van der Waals surface area (Å²) in [6, 6.07) is 8.45. The van der Waals surface area contributed by atoms with Crippen molar-refractivity contribution in [3.8, 4) is 0 Å². The van der Waals surface area contributed by atoms with E-state index in [-0.39, 0.29) is 5.69 Å². The third-order valence-corrected chi connectivity index (χ3v) is 4.44. The average molecular weight is 297 g/mol. The zero-order valence-electron chi connectivity index (χ0n) is 12.3. The number of rotatable bonds is 4. The van der Waals surface area contributed by atoms with E-state index in [1.165, 1.54) is 6.42 Å². The lowest BCUT2D eigenvalue weighted by atomic mass is 10.2. The molecule has 1 saturated heterocycles. The van der Waals surface area contributed by atoms with Crippen LogP contribution in [0.1, 0.15) is 24.7 Å². The number of para-hydroxylation sites is 2.